The van der Waals surface area contributed by atoms with Crippen molar-refractivity contribution >= 4 is 24.8 Å². The predicted octanol–water partition coefficient (Wildman–Crippen LogP) is 1.47. The van der Waals surface area contributed by atoms with Gasteiger partial charge in [0.15, 0.2) is 5.82 Å². The van der Waals surface area contributed by atoms with Gasteiger partial charge < -0.3 is 4.74 Å². The van der Waals surface area contributed by atoms with Crippen molar-refractivity contribution in [1.29, 1.82) is 0 Å². The lowest BCUT2D eigenvalue weighted by molar-refractivity contribution is 0.177. The van der Waals surface area contributed by atoms with Crippen LogP contribution in [0.25, 0.3) is 0 Å². The maximum Gasteiger partial charge on any atom is 0.153 e. The summed E-state index contributed by atoms with van der Waals surface area (Å²) in [6.45, 7) is 0.487. The molecule has 0 aliphatic carbocycles. The molecule has 64 valence electrons. The van der Waals surface area contributed by atoms with Crippen LogP contribution in [0.3, 0.4) is 0 Å². The Morgan fingerprint density at radius 2 is 1.82 bits per heavy atom. The summed E-state index contributed by atoms with van der Waals surface area (Å²) in [6, 6.07) is 1.78. The average molecular weight is 197 g/mol. The van der Waals surface area contributed by atoms with Crippen LogP contribution in [0.4, 0.5) is 0 Å². The van der Waals surface area contributed by atoms with Gasteiger partial charge in [-0.25, -0.2) is 9.97 Å². The molecule has 0 aromatic carbocycles. The van der Waals surface area contributed by atoms with E-state index in [1.54, 1.807) is 25.6 Å². The number of hydrogen-bond donors (Lipinski definition) is 0. The topological polar surface area (TPSA) is 35.0 Å². The maximum absolute atomic E-state index is 4.80. The Kier molecular flexibility index (Phi) is 9.29. The first-order valence-electron chi connectivity index (χ1n) is 2.68. The van der Waals surface area contributed by atoms with Gasteiger partial charge in [-0.05, 0) is 6.07 Å². The Morgan fingerprint density at radius 3 is 2.27 bits per heavy atom. The minimum absolute atomic E-state index is 0. The van der Waals surface area contributed by atoms with Crippen molar-refractivity contribution in [3.8, 4) is 0 Å². The van der Waals surface area contributed by atoms with Crippen LogP contribution in [-0.4, -0.2) is 17.1 Å². The second-order valence-electron chi connectivity index (χ2n) is 1.60. The van der Waals surface area contributed by atoms with Crippen molar-refractivity contribution in [2.75, 3.05) is 7.11 Å². The van der Waals surface area contributed by atoms with E-state index in [9.17, 15) is 0 Å². The SMILES string of the molecule is COCc1ncccn1.Cl.Cl. The molecule has 0 N–H and O–H groups in total. The molecule has 1 aromatic rings. The molecule has 0 saturated heterocycles. The number of ether oxygens (including phenoxy) is 1. The van der Waals surface area contributed by atoms with Crippen molar-refractivity contribution in [2.45, 2.75) is 6.61 Å². The molecule has 1 heterocycles. The lowest BCUT2D eigenvalue weighted by atomic mass is 10.6. The Labute approximate surface area is 78.0 Å². The van der Waals surface area contributed by atoms with Gasteiger partial charge in [-0.3, -0.25) is 0 Å². The van der Waals surface area contributed by atoms with Gasteiger partial charge in [-0.1, -0.05) is 0 Å². The number of aromatic nitrogens is 2. The summed E-state index contributed by atoms with van der Waals surface area (Å²) in [5.74, 6) is 0.722. The van der Waals surface area contributed by atoms with Crippen LogP contribution < -0.4 is 0 Å². The summed E-state index contributed by atoms with van der Waals surface area (Å²) >= 11 is 0. The van der Waals surface area contributed by atoms with Crippen LogP contribution in [0.1, 0.15) is 5.82 Å². The highest BCUT2D eigenvalue weighted by Crippen LogP contribution is 1.87. The zero-order valence-electron chi connectivity index (χ0n) is 6.06. The van der Waals surface area contributed by atoms with Crippen LogP contribution in [-0.2, 0) is 11.3 Å². The quantitative estimate of drug-likeness (QED) is 0.719. The largest absolute Gasteiger partial charge is 0.377 e. The normalized spacial score (nSPS) is 7.73. The van der Waals surface area contributed by atoms with Gasteiger partial charge in [-0.15, -0.1) is 24.8 Å². The molecular weight excluding hydrogens is 187 g/mol. The Hall–Kier alpha value is -0.380. The Balaban J connectivity index is 0. The van der Waals surface area contributed by atoms with Crippen LogP contribution in [0.15, 0.2) is 18.5 Å². The van der Waals surface area contributed by atoms with E-state index in [2.05, 4.69) is 9.97 Å². The summed E-state index contributed by atoms with van der Waals surface area (Å²) in [5, 5.41) is 0. The van der Waals surface area contributed by atoms with E-state index >= 15 is 0 Å². The van der Waals surface area contributed by atoms with Crippen LogP contribution in [0, 0.1) is 0 Å². The molecule has 0 bridgehead atoms. The number of rotatable bonds is 2. The van der Waals surface area contributed by atoms with Crippen LogP contribution in [0.2, 0.25) is 0 Å². The number of methoxy groups -OCH3 is 1. The van der Waals surface area contributed by atoms with E-state index in [0.717, 1.165) is 5.82 Å². The maximum atomic E-state index is 4.80. The highest BCUT2D eigenvalue weighted by atomic mass is 35.5. The van der Waals surface area contributed by atoms with Crippen molar-refractivity contribution in [1.82, 2.24) is 9.97 Å². The first-order chi connectivity index (χ1) is 4.43. The van der Waals surface area contributed by atoms with Crippen LogP contribution >= 0.6 is 24.8 Å². The van der Waals surface area contributed by atoms with Crippen molar-refractivity contribution in [3.63, 3.8) is 0 Å². The van der Waals surface area contributed by atoms with E-state index in [1.165, 1.54) is 0 Å². The third kappa shape index (κ3) is 4.95. The molecule has 1 rings (SSSR count). The van der Waals surface area contributed by atoms with Crippen LogP contribution in [0.5, 0.6) is 0 Å². The third-order valence-corrected chi connectivity index (χ3v) is 0.893. The summed E-state index contributed by atoms with van der Waals surface area (Å²) in [5.41, 5.74) is 0. The minimum Gasteiger partial charge on any atom is -0.377 e. The van der Waals surface area contributed by atoms with Gasteiger partial charge in [0.2, 0.25) is 0 Å². The molecule has 0 aliphatic heterocycles. The van der Waals surface area contributed by atoms with Gasteiger partial charge >= 0.3 is 0 Å². The third-order valence-electron chi connectivity index (χ3n) is 0.893. The molecule has 5 heteroatoms. The predicted molar refractivity (Wildman–Crippen MR) is 47.2 cm³/mol. The van der Waals surface area contributed by atoms with Gasteiger partial charge in [0, 0.05) is 19.5 Å². The molecule has 0 unspecified atom stereocenters. The summed E-state index contributed by atoms with van der Waals surface area (Å²) < 4.78 is 4.80. The molecule has 0 aliphatic rings. The average Bonchev–Trinajstić information content (AvgIpc) is 1.91. The first-order valence-corrected chi connectivity index (χ1v) is 2.68. The second-order valence-corrected chi connectivity index (χ2v) is 1.60. The van der Waals surface area contributed by atoms with Gasteiger partial charge in [0.25, 0.3) is 0 Å². The molecule has 0 radical (unpaired) electrons. The highest BCUT2D eigenvalue weighted by molar-refractivity contribution is 5.85. The monoisotopic (exact) mass is 196 g/mol. The Morgan fingerprint density at radius 1 is 1.27 bits per heavy atom. The number of halogens is 2. The summed E-state index contributed by atoms with van der Waals surface area (Å²) in [6.07, 6.45) is 3.39. The fourth-order valence-corrected chi connectivity index (χ4v) is 0.534. The van der Waals surface area contributed by atoms with Gasteiger partial charge in [0.05, 0.1) is 0 Å². The van der Waals surface area contributed by atoms with E-state index < -0.39 is 0 Å². The Bertz CT molecular complexity index is 171. The molecule has 0 amide bonds. The molecule has 1 aromatic heterocycles. The molecule has 0 atom stereocenters. The molecule has 11 heavy (non-hydrogen) atoms. The van der Waals surface area contributed by atoms with E-state index in [4.69, 9.17) is 4.74 Å². The fourth-order valence-electron chi connectivity index (χ4n) is 0.534. The zero-order chi connectivity index (χ0) is 6.53. The highest BCUT2D eigenvalue weighted by Gasteiger charge is 1.88. The number of hydrogen-bond acceptors (Lipinski definition) is 3. The molecule has 3 nitrogen and oxygen atoms in total. The smallest absolute Gasteiger partial charge is 0.153 e. The van der Waals surface area contributed by atoms with Gasteiger partial charge in [-0.2, -0.15) is 0 Å². The van der Waals surface area contributed by atoms with E-state index in [-0.39, 0.29) is 24.8 Å². The fraction of sp³-hybridized carbons (Fsp3) is 0.333. The lowest BCUT2D eigenvalue weighted by Crippen LogP contribution is -1.93. The molecular formula is C6H10Cl2N2O. The van der Waals surface area contributed by atoms with Crippen molar-refractivity contribution in [2.24, 2.45) is 0 Å². The van der Waals surface area contributed by atoms with Crippen molar-refractivity contribution < 1.29 is 4.74 Å². The standard InChI is InChI=1S/C6H8N2O.2ClH/c1-9-5-6-7-3-2-4-8-6;;/h2-4H,5H2,1H3;2*1H. The summed E-state index contributed by atoms with van der Waals surface area (Å²) in [4.78, 5) is 7.86. The minimum atomic E-state index is 0. The number of nitrogens with zero attached hydrogens (tertiary/aromatic N) is 2. The van der Waals surface area contributed by atoms with E-state index in [0.29, 0.717) is 6.61 Å². The molecule has 0 spiro atoms. The van der Waals surface area contributed by atoms with E-state index in [1.807, 2.05) is 0 Å². The lowest BCUT2D eigenvalue weighted by Gasteiger charge is -1.93. The summed E-state index contributed by atoms with van der Waals surface area (Å²) in [7, 11) is 1.62. The van der Waals surface area contributed by atoms with Crippen molar-refractivity contribution in [3.05, 3.63) is 24.3 Å². The van der Waals surface area contributed by atoms with Gasteiger partial charge in [0.1, 0.15) is 6.61 Å². The molecule has 0 saturated carbocycles. The molecule has 0 fully saturated rings. The first kappa shape index (κ1) is 13.2. The zero-order valence-corrected chi connectivity index (χ0v) is 7.69. The second kappa shape index (κ2) is 7.72.